The van der Waals surface area contributed by atoms with E-state index in [2.05, 4.69) is 21.2 Å². The molecule has 0 amide bonds. The third-order valence-electron chi connectivity index (χ3n) is 2.06. The standard InChI is InChI=1S/C12H10ClN3S/c1-2-6-14-11-5-3-4-9(16-11)7-10-8-15-12(13)17-10/h1,3-5,8H,6-7H2,(H,14,16). The maximum Gasteiger partial charge on any atom is 0.183 e. The molecule has 3 nitrogen and oxygen atoms in total. The molecule has 2 aromatic heterocycles. The van der Waals surface area contributed by atoms with Crippen LogP contribution in [0.25, 0.3) is 0 Å². The predicted octanol–water partition coefficient (Wildman–Crippen LogP) is 2.83. The number of hydrogen-bond donors (Lipinski definition) is 1. The van der Waals surface area contributed by atoms with Crippen LogP contribution < -0.4 is 5.32 Å². The molecular formula is C12H10ClN3S. The van der Waals surface area contributed by atoms with Gasteiger partial charge in [-0.1, -0.05) is 23.6 Å². The van der Waals surface area contributed by atoms with Crippen LogP contribution in [0.1, 0.15) is 10.6 Å². The number of nitrogens with one attached hydrogen (secondary N) is 1. The highest BCUT2D eigenvalue weighted by Crippen LogP contribution is 2.20. The molecule has 5 heteroatoms. The number of hydrogen-bond acceptors (Lipinski definition) is 4. The average Bonchev–Trinajstić information content (AvgIpc) is 2.73. The summed E-state index contributed by atoms with van der Waals surface area (Å²) in [5.74, 6) is 3.30. The Kier molecular flexibility index (Phi) is 3.97. The molecule has 86 valence electrons. The molecular weight excluding hydrogens is 254 g/mol. The Labute approximate surface area is 109 Å². The number of anilines is 1. The number of rotatable bonds is 4. The van der Waals surface area contributed by atoms with E-state index in [4.69, 9.17) is 18.0 Å². The second kappa shape index (κ2) is 5.67. The van der Waals surface area contributed by atoms with E-state index in [-0.39, 0.29) is 0 Å². The minimum atomic E-state index is 0.475. The monoisotopic (exact) mass is 263 g/mol. The molecule has 0 bridgehead atoms. The summed E-state index contributed by atoms with van der Waals surface area (Å²) in [5, 5.41) is 3.04. The number of thiazole rings is 1. The van der Waals surface area contributed by atoms with Gasteiger partial charge in [0.1, 0.15) is 5.82 Å². The van der Waals surface area contributed by atoms with Crippen LogP contribution in [0.3, 0.4) is 0 Å². The van der Waals surface area contributed by atoms with Gasteiger partial charge >= 0.3 is 0 Å². The summed E-state index contributed by atoms with van der Waals surface area (Å²) >= 11 is 7.25. The quantitative estimate of drug-likeness (QED) is 0.862. The summed E-state index contributed by atoms with van der Waals surface area (Å²) in [4.78, 5) is 9.54. The van der Waals surface area contributed by atoms with Gasteiger partial charge in [0.15, 0.2) is 4.47 Å². The van der Waals surface area contributed by atoms with Crippen molar-refractivity contribution in [3.05, 3.63) is 39.4 Å². The van der Waals surface area contributed by atoms with E-state index in [1.54, 1.807) is 6.20 Å². The van der Waals surface area contributed by atoms with Gasteiger partial charge in [0.2, 0.25) is 0 Å². The van der Waals surface area contributed by atoms with Crippen molar-refractivity contribution in [3.63, 3.8) is 0 Å². The van der Waals surface area contributed by atoms with E-state index < -0.39 is 0 Å². The molecule has 0 saturated heterocycles. The summed E-state index contributed by atoms with van der Waals surface area (Å²) < 4.78 is 0.557. The SMILES string of the molecule is C#CCNc1cccc(Cc2cnc(Cl)s2)n1. The van der Waals surface area contributed by atoms with Crippen molar-refractivity contribution in [1.29, 1.82) is 0 Å². The van der Waals surface area contributed by atoms with Crippen LogP contribution in [0.5, 0.6) is 0 Å². The Morgan fingerprint density at radius 3 is 3.06 bits per heavy atom. The van der Waals surface area contributed by atoms with E-state index in [0.717, 1.165) is 22.8 Å². The van der Waals surface area contributed by atoms with Gasteiger partial charge < -0.3 is 5.32 Å². The van der Waals surface area contributed by atoms with Crippen LogP contribution in [0.15, 0.2) is 24.4 Å². The third-order valence-corrected chi connectivity index (χ3v) is 3.17. The molecule has 2 heterocycles. The first-order chi connectivity index (χ1) is 8.28. The Morgan fingerprint density at radius 2 is 2.35 bits per heavy atom. The van der Waals surface area contributed by atoms with Crippen molar-refractivity contribution in [2.45, 2.75) is 6.42 Å². The molecule has 0 saturated carbocycles. The molecule has 0 aliphatic rings. The summed E-state index contributed by atoms with van der Waals surface area (Å²) in [6, 6.07) is 5.80. The first kappa shape index (κ1) is 11.9. The van der Waals surface area contributed by atoms with Crippen molar-refractivity contribution in [1.82, 2.24) is 9.97 Å². The second-order valence-corrected chi connectivity index (χ2v) is 5.03. The summed E-state index contributed by atoms with van der Waals surface area (Å²) in [7, 11) is 0. The normalized spacial score (nSPS) is 9.88. The lowest BCUT2D eigenvalue weighted by Crippen LogP contribution is -2.02. The molecule has 0 aliphatic carbocycles. The fourth-order valence-electron chi connectivity index (χ4n) is 1.36. The lowest BCUT2D eigenvalue weighted by molar-refractivity contribution is 1.08. The van der Waals surface area contributed by atoms with E-state index in [1.807, 2.05) is 18.2 Å². The third kappa shape index (κ3) is 3.45. The minimum Gasteiger partial charge on any atom is -0.359 e. The van der Waals surface area contributed by atoms with Gasteiger partial charge in [-0.3, -0.25) is 0 Å². The molecule has 0 atom stereocenters. The van der Waals surface area contributed by atoms with Gasteiger partial charge in [-0.15, -0.1) is 17.8 Å². The molecule has 0 radical (unpaired) electrons. The second-order valence-electron chi connectivity index (χ2n) is 3.33. The van der Waals surface area contributed by atoms with Crippen molar-refractivity contribution in [2.24, 2.45) is 0 Å². The van der Waals surface area contributed by atoms with Gasteiger partial charge in [0, 0.05) is 23.2 Å². The van der Waals surface area contributed by atoms with Crippen LogP contribution >= 0.6 is 22.9 Å². The van der Waals surface area contributed by atoms with Crippen molar-refractivity contribution in [3.8, 4) is 12.3 Å². The molecule has 1 N–H and O–H groups in total. The highest BCUT2D eigenvalue weighted by molar-refractivity contribution is 7.15. The van der Waals surface area contributed by atoms with Crippen molar-refractivity contribution < 1.29 is 0 Å². The number of aromatic nitrogens is 2. The van der Waals surface area contributed by atoms with Gasteiger partial charge in [-0.25, -0.2) is 9.97 Å². The summed E-state index contributed by atoms with van der Waals surface area (Å²) in [6.07, 6.45) is 7.69. The first-order valence-corrected chi connectivity index (χ1v) is 6.21. The van der Waals surface area contributed by atoms with Crippen LogP contribution in [-0.4, -0.2) is 16.5 Å². The minimum absolute atomic E-state index is 0.475. The zero-order valence-corrected chi connectivity index (χ0v) is 10.6. The lowest BCUT2D eigenvalue weighted by atomic mass is 10.2. The molecule has 2 rings (SSSR count). The van der Waals surface area contributed by atoms with Crippen LogP contribution in [-0.2, 0) is 6.42 Å². The number of nitrogens with zero attached hydrogens (tertiary/aromatic N) is 2. The van der Waals surface area contributed by atoms with Crippen molar-refractivity contribution in [2.75, 3.05) is 11.9 Å². The highest BCUT2D eigenvalue weighted by atomic mass is 35.5. The number of halogens is 1. The topological polar surface area (TPSA) is 37.8 Å². The van der Waals surface area contributed by atoms with Gasteiger partial charge in [0.25, 0.3) is 0 Å². The van der Waals surface area contributed by atoms with E-state index in [9.17, 15) is 0 Å². The fraction of sp³-hybridized carbons (Fsp3) is 0.167. The molecule has 0 spiro atoms. The molecule has 0 aromatic carbocycles. The largest absolute Gasteiger partial charge is 0.359 e. The smallest absolute Gasteiger partial charge is 0.183 e. The van der Waals surface area contributed by atoms with Gasteiger partial charge in [0.05, 0.1) is 6.54 Å². The van der Waals surface area contributed by atoms with E-state index in [0.29, 0.717) is 11.0 Å². The van der Waals surface area contributed by atoms with E-state index in [1.165, 1.54) is 11.3 Å². The number of pyridine rings is 1. The lowest BCUT2D eigenvalue weighted by Gasteiger charge is -2.03. The Hall–Kier alpha value is -1.57. The Morgan fingerprint density at radius 1 is 1.47 bits per heavy atom. The van der Waals surface area contributed by atoms with Crippen LogP contribution in [0.4, 0.5) is 5.82 Å². The van der Waals surface area contributed by atoms with E-state index >= 15 is 0 Å². The molecule has 0 fully saturated rings. The molecule has 0 unspecified atom stereocenters. The fourth-order valence-corrected chi connectivity index (χ4v) is 2.36. The predicted molar refractivity (Wildman–Crippen MR) is 71.5 cm³/mol. The molecule has 0 aliphatic heterocycles. The highest BCUT2D eigenvalue weighted by Gasteiger charge is 2.03. The zero-order valence-electron chi connectivity index (χ0n) is 8.98. The maximum atomic E-state index is 5.78. The summed E-state index contributed by atoms with van der Waals surface area (Å²) in [5.41, 5.74) is 0.965. The Bertz CT molecular complexity index is 545. The van der Waals surface area contributed by atoms with Crippen molar-refractivity contribution >= 4 is 28.8 Å². The van der Waals surface area contributed by atoms with Crippen LogP contribution in [0.2, 0.25) is 4.47 Å². The average molecular weight is 264 g/mol. The van der Waals surface area contributed by atoms with Crippen LogP contribution in [0, 0.1) is 12.3 Å². The molecule has 17 heavy (non-hydrogen) atoms. The zero-order chi connectivity index (χ0) is 12.1. The van der Waals surface area contributed by atoms with Gasteiger partial charge in [-0.05, 0) is 12.1 Å². The van der Waals surface area contributed by atoms with Gasteiger partial charge in [-0.2, -0.15) is 0 Å². The molecule has 2 aromatic rings. The maximum absolute atomic E-state index is 5.78. The Balaban J connectivity index is 2.08. The number of terminal acetylenes is 1. The first-order valence-electron chi connectivity index (χ1n) is 5.01. The summed E-state index contributed by atoms with van der Waals surface area (Å²) in [6.45, 7) is 0.475.